The van der Waals surface area contributed by atoms with E-state index in [-0.39, 0.29) is 0 Å². The maximum absolute atomic E-state index is 15.3. The van der Waals surface area contributed by atoms with Crippen molar-refractivity contribution >= 4 is 11.0 Å². The highest BCUT2D eigenvalue weighted by atomic mass is 19.2. The molecule has 2 nitrogen and oxygen atoms in total. The first-order valence-corrected chi connectivity index (χ1v) is 6.77. The number of rotatable bonds is 1. The third kappa shape index (κ3) is 1.31. The molecule has 0 unspecified atom stereocenters. The van der Waals surface area contributed by atoms with E-state index in [1.807, 2.05) is 0 Å². The van der Waals surface area contributed by atoms with E-state index in [4.69, 9.17) is 0 Å². The Morgan fingerprint density at radius 1 is 1.05 bits per heavy atom. The fourth-order valence-corrected chi connectivity index (χ4v) is 3.29. The van der Waals surface area contributed by atoms with Crippen molar-refractivity contribution in [1.82, 2.24) is 9.97 Å². The quantitative estimate of drug-likeness (QED) is 0.579. The van der Waals surface area contributed by atoms with Crippen LogP contribution in [0.5, 0.6) is 0 Å². The van der Waals surface area contributed by atoms with Crippen molar-refractivity contribution < 1.29 is 17.6 Å². The zero-order valence-corrected chi connectivity index (χ0v) is 11.3. The molecule has 0 fully saturated rings. The molecule has 2 aromatic rings. The molecule has 0 radical (unpaired) electrons. The van der Waals surface area contributed by atoms with E-state index in [1.165, 1.54) is 0 Å². The standard InChI is InChI=1S/C16H10F4N2/c1-2-8-7-15(19)11(17)12(18)16(8,20)14-13(15)21-9-5-3-4-6-10(9)22-14/h2-6,8H,1,7H2/t8-,15+,16-/m0/s1. The molecule has 0 aliphatic heterocycles. The molecular weight excluding hydrogens is 296 g/mol. The van der Waals surface area contributed by atoms with Crippen molar-refractivity contribution in [3.8, 4) is 0 Å². The summed E-state index contributed by atoms with van der Waals surface area (Å²) in [6.45, 7) is 3.41. The van der Waals surface area contributed by atoms with Gasteiger partial charge < -0.3 is 0 Å². The van der Waals surface area contributed by atoms with Crippen molar-refractivity contribution in [2.24, 2.45) is 5.92 Å². The molecule has 6 heteroatoms. The van der Waals surface area contributed by atoms with Crippen LogP contribution < -0.4 is 0 Å². The second kappa shape index (κ2) is 3.94. The molecule has 3 aliphatic rings. The van der Waals surface area contributed by atoms with Gasteiger partial charge in [0.25, 0.3) is 0 Å². The van der Waals surface area contributed by atoms with E-state index in [9.17, 15) is 8.78 Å². The van der Waals surface area contributed by atoms with Crippen LogP contribution in [0.15, 0.2) is 48.6 Å². The van der Waals surface area contributed by atoms with Gasteiger partial charge in [0.1, 0.15) is 11.4 Å². The average Bonchev–Trinajstić information content (AvgIpc) is 2.54. The molecule has 0 saturated carbocycles. The van der Waals surface area contributed by atoms with Crippen LogP contribution in [-0.4, -0.2) is 9.97 Å². The highest BCUT2D eigenvalue weighted by Crippen LogP contribution is 2.63. The van der Waals surface area contributed by atoms with Gasteiger partial charge in [0, 0.05) is 12.3 Å². The first kappa shape index (κ1) is 13.4. The predicted molar refractivity (Wildman–Crippen MR) is 72.7 cm³/mol. The monoisotopic (exact) mass is 306 g/mol. The van der Waals surface area contributed by atoms with Gasteiger partial charge in [-0.15, -0.1) is 6.58 Å². The van der Waals surface area contributed by atoms with Gasteiger partial charge in [-0.1, -0.05) is 18.2 Å². The number of hydrogen-bond donors (Lipinski definition) is 0. The first-order valence-electron chi connectivity index (χ1n) is 6.77. The summed E-state index contributed by atoms with van der Waals surface area (Å²) in [7, 11) is 0. The normalized spacial score (nSPS) is 33.2. The summed E-state index contributed by atoms with van der Waals surface area (Å²) in [4.78, 5) is 8.05. The lowest BCUT2D eigenvalue weighted by Gasteiger charge is -2.46. The summed E-state index contributed by atoms with van der Waals surface area (Å²) >= 11 is 0. The molecular formula is C16H10F4N2. The minimum absolute atomic E-state index is 0.297. The number of para-hydroxylation sites is 2. The largest absolute Gasteiger partial charge is 0.245 e. The molecule has 0 saturated heterocycles. The zero-order valence-electron chi connectivity index (χ0n) is 11.3. The van der Waals surface area contributed by atoms with Gasteiger partial charge >= 0.3 is 0 Å². The smallest absolute Gasteiger partial charge is 0.214 e. The van der Waals surface area contributed by atoms with E-state index in [2.05, 4.69) is 16.5 Å². The highest BCUT2D eigenvalue weighted by molar-refractivity contribution is 5.75. The Labute approximate surface area is 123 Å². The minimum atomic E-state index is -2.86. The SMILES string of the molecule is C=C[C@H]1C[C@@]2(F)C(F)=C(F)[C@]1(F)c1nc3ccccc3nc12. The van der Waals surface area contributed by atoms with Gasteiger partial charge in [0.15, 0.2) is 11.7 Å². The molecule has 2 bridgehead atoms. The molecule has 22 heavy (non-hydrogen) atoms. The molecule has 3 aliphatic carbocycles. The van der Waals surface area contributed by atoms with Crippen molar-refractivity contribution in [2.75, 3.05) is 0 Å². The molecule has 1 aromatic heterocycles. The fourth-order valence-electron chi connectivity index (χ4n) is 3.29. The lowest BCUT2D eigenvalue weighted by atomic mass is 9.64. The zero-order chi connectivity index (χ0) is 15.7. The number of halogens is 4. The predicted octanol–water partition coefficient (Wildman–Crippen LogP) is 4.33. The molecule has 5 rings (SSSR count). The van der Waals surface area contributed by atoms with Gasteiger partial charge in [-0.25, -0.2) is 27.5 Å². The molecule has 1 aromatic carbocycles. The summed E-state index contributed by atoms with van der Waals surface area (Å²) in [5.41, 5.74) is -6.03. The minimum Gasteiger partial charge on any atom is -0.245 e. The lowest BCUT2D eigenvalue weighted by Crippen LogP contribution is -2.50. The third-order valence-corrected chi connectivity index (χ3v) is 4.45. The Balaban J connectivity index is 2.15. The van der Waals surface area contributed by atoms with Crippen molar-refractivity contribution in [1.29, 1.82) is 0 Å². The van der Waals surface area contributed by atoms with Gasteiger partial charge in [-0.05, 0) is 12.1 Å². The van der Waals surface area contributed by atoms with E-state index in [0.29, 0.717) is 11.0 Å². The van der Waals surface area contributed by atoms with Crippen LogP contribution in [-0.2, 0) is 11.3 Å². The lowest BCUT2D eigenvalue weighted by molar-refractivity contribution is -0.0120. The van der Waals surface area contributed by atoms with Gasteiger partial charge in [-0.2, -0.15) is 0 Å². The first-order chi connectivity index (χ1) is 10.4. The number of hydrogen-bond acceptors (Lipinski definition) is 2. The number of aromatic nitrogens is 2. The van der Waals surface area contributed by atoms with Gasteiger partial charge in [0.05, 0.1) is 11.0 Å². The second-order valence-corrected chi connectivity index (χ2v) is 5.60. The Hall–Kier alpha value is -2.24. The number of alkyl halides is 2. The third-order valence-electron chi connectivity index (χ3n) is 4.45. The molecule has 0 amide bonds. The molecule has 3 atom stereocenters. The van der Waals surface area contributed by atoms with Crippen molar-refractivity contribution in [3.63, 3.8) is 0 Å². The van der Waals surface area contributed by atoms with E-state index < -0.39 is 46.7 Å². The van der Waals surface area contributed by atoms with Crippen LogP contribution >= 0.6 is 0 Å². The van der Waals surface area contributed by atoms with Crippen molar-refractivity contribution in [3.05, 3.63) is 60.0 Å². The maximum atomic E-state index is 15.3. The maximum Gasteiger partial charge on any atom is 0.214 e. The number of benzene rings is 1. The summed E-state index contributed by atoms with van der Waals surface area (Å²) in [5, 5.41) is 0. The topological polar surface area (TPSA) is 25.8 Å². The van der Waals surface area contributed by atoms with Crippen LogP contribution in [0, 0.1) is 5.92 Å². The van der Waals surface area contributed by atoms with E-state index in [1.54, 1.807) is 24.3 Å². The van der Waals surface area contributed by atoms with Crippen LogP contribution in [0.25, 0.3) is 11.0 Å². The highest BCUT2D eigenvalue weighted by Gasteiger charge is 2.66. The summed E-state index contributed by atoms with van der Waals surface area (Å²) < 4.78 is 58.7. The summed E-state index contributed by atoms with van der Waals surface area (Å²) in [6.07, 6.45) is 0.520. The number of nitrogens with zero attached hydrogens (tertiary/aromatic N) is 2. The molecule has 0 N–H and O–H groups in total. The molecule has 112 valence electrons. The second-order valence-electron chi connectivity index (χ2n) is 5.60. The summed E-state index contributed by atoms with van der Waals surface area (Å²) in [6, 6.07) is 6.42. The fraction of sp³-hybridized carbons (Fsp3) is 0.250. The van der Waals surface area contributed by atoms with Crippen LogP contribution in [0.2, 0.25) is 0 Å². The molecule has 0 spiro atoms. The number of fused-ring (bicyclic) bond motifs is 2. The Morgan fingerprint density at radius 2 is 1.64 bits per heavy atom. The van der Waals surface area contributed by atoms with Crippen LogP contribution in [0.4, 0.5) is 17.6 Å². The average molecular weight is 306 g/mol. The Kier molecular flexibility index (Phi) is 2.40. The van der Waals surface area contributed by atoms with Crippen molar-refractivity contribution in [2.45, 2.75) is 17.8 Å². The van der Waals surface area contributed by atoms with Gasteiger partial charge in [-0.3, -0.25) is 0 Å². The van der Waals surface area contributed by atoms with E-state index in [0.717, 1.165) is 6.08 Å². The van der Waals surface area contributed by atoms with Gasteiger partial charge in [0.2, 0.25) is 11.3 Å². The van der Waals surface area contributed by atoms with E-state index >= 15 is 8.78 Å². The Morgan fingerprint density at radius 3 is 2.23 bits per heavy atom. The molecule has 1 heterocycles. The summed E-state index contributed by atoms with van der Waals surface area (Å²) in [5.74, 6) is -4.74. The van der Waals surface area contributed by atoms with Crippen LogP contribution in [0.1, 0.15) is 17.8 Å². The van der Waals surface area contributed by atoms with Crippen LogP contribution in [0.3, 0.4) is 0 Å². The Bertz CT molecular complexity index is 862. The number of allylic oxidation sites excluding steroid dienone is 3.